The van der Waals surface area contributed by atoms with Crippen molar-refractivity contribution in [3.63, 3.8) is 0 Å². The van der Waals surface area contributed by atoms with E-state index in [-0.39, 0.29) is 28.4 Å². The minimum atomic E-state index is -0.547. The summed E-state index contributed by atoms with van der Waals surface area (Å²) in [5, 5.41) is 0. The summed E-state index contributed by atoms with van der Waals surface area (Å²) < 4.78 is 17.8. The van der Waals surface area contributed by atoms with Gasteiger partial charge in [0.25, 0.3) is 0 Å². The van der Waals surface area contributed by atoms with Crippen molar-refractivity contribution in [2.75, 3.05) is 19.8 Å². The second-order valence-corrected chi connectivity index (χ2v) is 11.1. The minimum absolute atomic E-state index is 0.113. The van der Waals surface area contributed by atoms with Crippen LogP contribution in [0.15, 0.2) is 0 Å². The number of carbonyl (C=O) groups is 2. The molecule has 7 unspecified atom stereocenters. The fourth-order valence-electron chi connectivity index (χ4n) is 8.64. The van der Waals surface area contributed by atoms with Gasteiger partial charge in [0.15, 0.2) is 5.79 Å². The summed E-state index contributed by atoms with van der Waals surface area (Å²) in [5.41, 5.74) is 0.260. The first-order chi connectivity index (χ1) is 14.3. The zero-order chi connectivity index (χ0) is 21.1. The van der Waals surface area contributed by atoms with Gasteiger partial charge in [0.05, 0.1) is 19.8 Å². The molecule has 0 aromatic heterocycles. The van der Waals surface area contributed by atoms with E-state index in [0.717, 1.165) is 38.9 Å². The van der Waals surface area contributed by atoms with Crippen LogP contribution in [-0.4, -0.2) is 37.4 Å². The number of ketones is 1. The highest BCUT2D eigenvalue weighted by atomic mass is 16.7. The molecular formula is C25H38O5. The van der Waals surface area contributed by atoms with Crippen molar-refractivity contribution < 1.29 is 23.8 Å². The molecule has 0 aromatic carbocycles. The lowest BCUT2D eigenvalue weighted by Gasteiger charge is -2.59. The lowest BCUT2D eigenvalue weighted by Crippen LogP contribution is -2.55. The summed E-state index contributed by atoms with van der Waals surface area (Å²) in [6, 6.07) is 0. The molecule has 4 aliphatic carbocycles. The van der Waals surface area contributed by atoms with Crippen molar-refractivity contribution in [1.82, 2.24) is 0 Å². The Morgan fingerprint density at radius 2 is 1.73 bits per heavy atom. The molecule has 0 amide bonds. The van der Waals surface area contributed by atoms with Crippen molar-refractivity contribution in [2.24, 2.45) is 40.4 Å². The Labute approximate surface area is 180 Å². The van der Waals surface area contributed by atoms with E-state index in [4.69, 9.17) is 14.2 Å². The maximum absolute atomic E-state index is 13.0. The second-order valence-electron chi connectivity index (χ2n) is 11.1. The van der Waals surface area contributed by atoms with Gasteiger partial charge in [0, 0.05) is 18.3 Å². The predicted octanol–water partition coefficient (Wildman–Crippen LogP) is 4.52. The Balaban J connectivity index is 1.40. The molecule has 0 bridgehead atoms. The molecule has 5 rings (SSSR count). The van der Waals surface area contributed by atoms with Crippen LogP contribution in [0.4, 0.5) is 0 Å². The standard InChI is InChI=1S/C25H38O5/c1-4-28-22(27)18-7-10-23(2)16(15-21(18)26)5-6-17-19(23)8-11-24(3)20(17)9-12-25(24)29-13-14-30-25/h16-20H,4-15H2,1-3H3. The van der Waals surface area contributed by atoms with Gasteiger partial charge in [-0.2, -0.15) is 0 Å². The molecule has 5 aliphatic rings. The highest BCUT2D eigenvalue weighted by Crippen LogP contribution is 2.69. The number of hydrogen-bond acceptors (Lipinski definition) is 5. The Morgan fingerprint density at radius 3 is 2.47 bits per heavy atom. The number of fused-ring (bicyclic) bond motifs is 6. The first-order valence-electron chi connectivity index (χ1n) is 12.3. The monoisotopic (exact) mass is 418 g/mol. The van der Waals surface area contributed by atoms with Gasteiger partial charge in [-0.1, -0.05) is 13.8 Å². The van der Waals surface area contributed by atoms with E-state index in [0.29, 0.717) is 43.1 Å². The summed E-state index contributed by atoms with van der Waals surface area (Å²) in [6.45, 7) is 8.48. The number of rotatable bonds is 2. The topological polar surface area (TPSA) is 61.8 Å². The zero-order valence-electron chi connectivity index (χ0n) is 18.9. The summed E-state index contributed by atoms with van der Waals surface area (Å²) >= 11 is 0. The van der Waals surface area contributed by atoms with E-state index in [9.17, 15) is 9.59 Å². The fourth-order valence-corrected chi connectivity index (χ4v) is 8.64. The fraction of sp³-hybridized carbons (Fsp3) is 0.920. The molecule has 7 atom stereocenters. The van der Waals surface area contributed by atoms with Crippen LogP contribution in [0.3, 0.4) is 0 Å². The van der Waals surface area contributed by atoms with Crippen LogP contribution in [0.25, 0.3) is 0 Å². The number of hydrogen-bond donors (Lipinski definition) is 0. The normalized spacial score (nSPS) is 47.3. The van der Waals surface area contributed by atoms with E-state index < -0.39 is 5.92 Å². The third-order valence-corrected chi connectivity index (χ3v) is 10.2. The zero-order valence-corrected chi connectivity index (χ0v) is 18.9. The van der Waals surface area contributed by atoms with Gasteiger partial charge in [0.1, 0.15) is 11.7 Å². The predicted molar refractivity (Wildman–Crippen MR) is 111 cm³/mol. The van der Waals surface area contributed by atoms with Gasteiger partial charge in [-0.3, -0.25) is 9.59 Å². The highest BCUT2D eigenvalue weighted by Gasteiger charge is 2.67. The second kappa shape index (κ2) is 7.30. The van der Waals surface area contributed by atoms with Crippen molar-refractivity contribution in [2.45, 2.75) is 84.3 Å². The molecule has 5 nitrogen and oxygen atoms in total. The van der Waals surface area contributed by atoms with E-state index in [2.05, 4.69) is 13.8 Å². The molecule has 30 heavy (non-hydrogen) atoms. The molecular weight excluding hydrogens is 380 g/mol. The smallest absolute Gasteiger partial charge is 0.316 e. The van der Waals surface area contributed by atoms with Crippen LogP contribution < -0.4 is 0 Å². The van der Waals surface area contributed by atoms with Crippen LogP contribution in [0.1, 0.15) is 78.6 Å². The van der Waals surface area contributed by atoms with E-state index in [1.807, 2.05) is 6.92 Å². The van der Waals surface area contributed by atoms with E-state index in [1.165, 1.54) is 19.3 Å². The van der Waals surface area contributed by atoms with E-state index in [1.54, 1.807) is 0 Å². The molecule has 168 valence electrons. The molecule has 5 heteroatoms. The van der Waals surface area contributed by atoms with Gasteiger partial charge in [-0.15, -0.1) is 0 Å². The molecule has 1 aliphatic heterocycles. The molecule has 0 radical (unpaired) electrons. The summed E-state index contributed by atoms with van der Waals surface area (Å²) in [5.74, 6) is 1.30. The molecule has 1 spiro atoms. The molecule has 5 fully saturated rings. The Bertz CT molecular complexity index is 712. The quantitative estimate of drug-likeness (QED) is 0.487. The Kier molecular flexibility index (Phi) is 5.09. The number of carbonyl (C=O) groups excluding carboxylic acids is 2. The maximum Gasteiger partial charge on any atom is 0.316 e. The first kappa shape index (κ1) is 20.9. The van der Waals surface area contributed by atoms with Crippen LogP contribution in [0.2, 0.25) is 0 Å². The summed E-state index contributed by atoms with van der Waals surface area (Å²) in [7, 11) is 0. The Morgan fingerprint density at radius 1 is 1.00 bits per heavy atom. The van der Waals surface area contributed by atoms with Crippen LogP contribution in [0.5, 0.6) is 0 Å². The number of Topliss-reactive ketones (excluding diaryl/α,β-unsaturated/α-hetero) is 1. The largest absolute Gasteiger partial charge is 0.465 e. The van der Waals surface area contributed by atoms with Crippen molar-refractivity contribution in [3.8, 4) is 0 Å². The molecule has 1 heterocycles. The van der Waals surface area contributed by atoms with Crippen LogP contribution in [0, 0.1) is 40.4 Å². The molecule has 0 N–H and O–H groups in total. The van der Waals surface area contributed by atoms with Gasteiger partial charge in [-0.05, 0) is 81.0 Å². The minimum Gasteiger partial charge on any atom is -0.465 e. The molecule has 0 aromatic rings. The van der Waals surface area contributed by atoms with Gasteiger partial charge in [0.2, 0.25) is 0 Å². The van der Waals surface area contributed by atoms with Crippen molar-refractivity contribution >= 4 is 11.8 Å². The number of ether oxygens (including phenoxy) is 3. The molecule has 1 saturated heterocycles. The third-order valence-electron chi connectivity index (χ3n) is 10.2. The average Bonchev–Trinajstić information content (AvgIpc) is 3.27. The van der Waals surface area contributed by atoms with Crippen LogP contribution in [-0.2, 0) is 23.8 Å². The SMILES string of the molecule is CCOC(=O)C1CCC2(C)C(CCC3C2CCC2(C)C3CCC23OCCO3)CC1=O. The van der Waals surface area contributed by atoms with Gasteiger partial charge >= 0.3 is 5.97 Å². The van der Waals surface area contributed by atoms with Crippen molar-refractivity contribution in [3.05, 3.63) is 0 Å². The molecule has 4 saturated carbocycles. The van der Waals surface area contributed by atoms with E-state index >= 15 is 0 Å². The van der Waals surface area contributed by atoms with Gasteiger partial charge in [-0.25, -0.2) is 0 Å². The highest BCUT2D eigenvalue weighted by molar-refractivity contribution is 5.99. The number of esters is 1. The summed E-state index contributed by atoms with van der Waals surface area (Å²) in [4.78, 5) is 25.4. The van der Waals surface area contributed by atoms with Gasteiger partial charge < -0.3 is 14.2 Å². The van der Waals surface area contributed by atoms with Crippen molar-refractivity contribution in [1.29, 1.82) is 0 Å². The third kappa shape index (κ3) is 2.80. The lowest BCUT2D eigenvalue weighted by molar-refractivity contribution is -0.246. The lowest BCUT2D eigenvalue weighted by atomic mass is 9.46. The average molecular weight is 419 g/mol. The maximum atomic E-state index is 13.0. The summed E-state index contributed by atoms with van der Waals surface area (Å²) in [6.07, 6.45) is 9.07. The van der Waals surface area contributed by atoms with Crippen LogP contribution >= 0.6 is 0 Å². The first-order valence-corrected chi connectivity index (χ1v) is 12.3. The Hall–Kier alpha value is -0.940.